The molecule has 0 aromatic heterocycles. The van der Waals surface area contributed by atoms with Crippen LogP contribution in [0.3, 0.4) is 0 Å². The second-order valence-electron chi connectivity index (χ2n) is 5.18. The van der Waals surface area contributed by atoms with Gasteiger partial charge in [-0.2, -0.15) is 0 Å². The molecule has 24 heavy (non-hydrogen) atoms. The molecule has 122 valence electrons. The number of hydrogen-bond donors (Lipinski definition) is 0. The number of benzene rings is 2. The van der Waals surface area contributed by atoms with Crippen LogP contribution in [0.4, 0.5) is 14.5 Å². The highest BCUT2D eigenvalue weighted by molar-refractivity contribution is 6.52. The van der Waals surface area contributed by atoms with Gasteiger partial charge >= 0.3 is 5.97 Å². The number of ether oxygens (including phenoxy) is 1. The molecular weight excluding hydrogens is 320 g/mol. The summed E-state index contributed by atoms with van der Waals surface area (Å²) in [5, 5.41) is 0. The van der Waals surface area contributed by atoms with E-state index < -0.39 is 29.3 Å². The molecule has 0 aliphatic carbocycles. The fourth-order valence-electron chi connectivity index (χ4n) is 2.53. The van der Waals surface area contributed by atoms with Crippen molar-refractivity contribution in [2.24, 2.45) is 0 Å². The molecule has 0 saturated carbocycles. The minimum atomic E-state index is -0.865. The van der Waals surface area contributed by atoms with Crippen LogP contribution in [0.25, 0.3) is 0 Å². The number of esters is 1. The maximum atomic E-state index is 13.8. The fraction of sp³-hybridized carbons (Fsp3) is 0.118. The number of Topliss-reactive ketones (excluding diaryl/α,β-unsaturated/α-hetero) is 1. The zero-order valence-corrected chi connectivity index (χ0v) is 12.5. The zero-order valence-electron chi connectivity index (χ0n) is 12.5. The van der Waals surface area contributed by atoms with E-state index in [2.05, 4.69) is 4.74 Å². The Hall–Kier alpha value is -3.09. The van der Waals surface area contributed by atoms with Gasteiger partial charge in [0.15, 0.2) is 0 Å². The number of nitrogens with zero attached hydrogens (tertiary/aromatic N) is 1. The number of carbonyl (C=O) groups is 3. The summed E-state index contributed by atoms with van der Waals surface area (Å²) in [5.74, 6) is -3.63. The van der Waals surface area contributed by atoms with Crippen LogP contribution < -0.4 is 4.90 Å². The molecule has 0 radical (unpaired) electrons. The smallest absolute Gasteiger partial charge is 0.337 e. The molecule has 5 nitrogen and oxygen atoms in total. The lowest BCUT2D eigenvalue weighted by Gasteiger charge is -2.17. The van der Waals surface area contributed by atoms with Gasteiger partial charge in [0.05, 0.1) is 30.5 Å². The van der Waals surface area contributed by atoms with E-state index in [0.717, 1.165) is 23.1 Å². The monoisotopic (exact) mass is 331 g/mol. The van der Waals surface area contributed by atoms with E-state index in [9.17, 15) is 23.2 Å². The minimum Gasteiger partial charge on any atom is -0.465 e. The molecule has 0 N–H and O–H groups in total. The first-order valence-electron chi connectivity index (χ1n) is 6.95. The lowest BCUT2D eigenvalue weighted by Crippen LogP contribution is -2.29. The van der Waals surface area contributed by atoms with E-state index >= 15 is 0 Å². The van der Waals surface area contributed by atoms with E-state index in [-0.39, 0.29) is 28.9 Å². The summed E-state index contributed by atoms with van der Waals surface area (Å²) in [5.41, 5.74) is 0.331. The number of halogens is 2. The minimum absolute atomic E-state index is 0.0764. The zero-order chi connectivity index (χ0) is 17.4. The van der Waals surface area contributed by atoms with Gasteiger partial charge in [0, 0.05) is 5.56 Å². The van der Waals surface area contributed by atoms with Crippen molar-refractivity contribution in [3.63, 3.8) is 0 Å². The van der Waals surface area contributed by atoms with Gasteiger partial charge in [-0.3, -0.25) is 9.59 Å². The van der Waals surface area contributed by atoms with Crippen LogP contribution in [0.15, 0.2) is 36.4 Å². The van der Waals surface area contributed by atoms with Crippen molar-refractivity contribution >= 4 is 23.3 Å². The molecule has 0 atom stereocenters. The van der Waals surface area contributed by atoms with Crippen LogP contribution in [0.1, 0.15) is 26.3 Å². The Morgan fingerprint density at radius 2 is 1.88 bits per heavy atom. The summed E-state index contributed by atoms with van der Waals surface area (Å²) in [6.45, 7) is -0.328. The Morgan fingerprint density at radius 1 is 1.12 bits per heavy atom. The van der Waals surface area contributed by atoms with Crippen molar-refractivity contribution in [2.75, 3.05) is 12.0 Å². The summed E-state index contributed by atoms with van der Waals surface area (Å²) in [7, 11) is 1.20. The molecular formula is C17H11F2NO4. The van der Waals surface area contributed by atoms with Gasteiger partial charge in [0.2, 0.25) is 0 Å². The van der Waals surface area contributed by atoms with Gasteiger partial charge in [0.1, 0.15) is 11.6 Å². The number of methoxy groups -OCH3 is 1. The number of fused-ring (bicyclic) bond motifs is 1. The molecule has 1 aliphatic rings. The van der Waals surface area contributed by atoms with E-state index in [0.29, 0.717) is 0 Å². The van der Waals surface area contributed by atoms with Crippen molar-refractivity contribution in [2.45, 2.75) is 6.54 Å². The largest absolute Gasteiger partial charge is 0.465 e. The van der Waals surface area contributed by atoms with E-state index in [4.69, 9.17) is 0 Å². The van der Waals surface area contributed by atoms with Crippen LogP contribution in [0.5, 0.6) is 0 Å². The molecule has 1 heterocycles. The molecule has 1 amide bonds. The molecule has 0 saturated heterocycles. The third kappa shape index (κ3) is 2.54. The Balaban J connectivity index is 2.04. The second-order valence-corrected chi connectivity index (χ2v) is 5.18. The van der Waals surface area contributed by atoms with E-state index in [1.165, 1.54) is 25.3 Å². The van der Waals surface area contributed by atoms with E-state index in [1.807, 2.05) is 0 Å². The van der Waals surface area contributed by atoms with Gasteiger partial charge in [-0.1, -0.05) is 0 Å². The van der Waals surface area contributed by atoms with Crippen molar-refractivity contribution in [3.8, 4) is 0 Å². The molecule has 7 heteroatoms. The van der Waals surface area contributed by atoms with Crippen LogP contribution in [-0.2, 0) is 16.1 Å². The predicted molar refractivity (Wildman–Crippen MR) is 79.7 cm³/mol. The summed E-state index contributed by atoms with van der Waals surface area (Å²) in [6.07, 6.45) is 0. The Bertz CT molecular complexity index is 879. The number of rotatable bonds is 3. The van der Waals surface area contributed by atoms with Crippen LogP contribution >= 0.6 is 0 Å². The SMILES string of the molecule is COC(=O)c1ccc2c(c1)N(Cc1cc(F)ccc1F)C(=O)C2=O. The number of amides is 1. The first-order chi connectivity index (χ1) is 11.4. The molecule has 0 unspecified atom stereocenters. The number of carbonyl (C=O) groups excluding carboxylic acids is 3. The van der Waals surface area contributed by atoms with Crippen molar-refractivity contribution < 1.29 is 27.9 Å². The normalized spacial score (nSPS) is 13.2. The Morgan fingerprint density at radius 3 is 2.58 bits per heavy atom. The van der Waals surface area contributed by atoms with Crippen molar-refractivity contribution in [3.05, 3.63) is 64.7 Å². The van der Waals surface area contributed by atoms with Gasteiger partial charge in [-0.15, -0.1) is 0 Å². The van der Waals surface area contributed by atoms with Crippen molar-refractivity contribution in [1.82, 2.24) is 0 Å². The van der Waals surface area contributed by atoms with Crippen LogP contribution in [-0.4, -0.2) is 24.8 Å². The van der Waals surface area contributed by atoms with Crippen LogP contribution in [0, 0.1) is 11.6 Å². The quantitative estimate of drug-likeness (QED) is 0.640. The number of anilines is 1. The lowest BCUT2D eigenvalue weighted by atomic mass is 10.1. The van der Waals surface area contributed by atoms with Gasteiger partial charge in [-0.25, -0.2) is 13.6 Å². The summed E-state index contributed by atoms with van der Waals surface area (Å²) < 4.78 is 31.7. The third-order valence-corrected chi connectivity index (χ3v) is 3.73. The standard InChI is InChI=1S/C17H11F2NO4/c1-24-17(23)9-2-4-12-14(7-9)20(16(22)15(12)21)8-10-6-11(18)3-5-13(10)19/h2-7H,8H2,1H3. The first kappa shape index (κ1) is 15.8. The lowest BCUT2D eigenvalue weighted by molar-refractivity contribution is -0.114. The van der Waals surface area contributed by atoms with Crippen molar-refractivity contribution in [1.29, 1.82) is 0 Å². The summed E-state index contributed by atoms with van der Waals surface area (Å²) in [6, 6.07) is 6.88. The number of ketones is 1. The topological polar surface area (TPSA) is 63.7 Å². The maximum Gasteiger partial charge on any atom is 0.337 e. The van der Waals surface area contributed by atoms with Crippen LogP contribution in [0.2, 0.25) is 0 Å². The van der Waals surface area contributed by atoms with E-state index in [1.54, 1.807) is 0 Å². The third-order valence-electron chi connectivity index (χ3n) is 3.73. The predicted octanol–water partition coefficient (Wildman–Crippen LogP) is 2.48. The molecule has 0 spiro atoms. The molecule has 1 aliphatic heterocycles. The van der Waals surface area contributed by atoms with Gasteiger partial charge in [-0.05, 0) is 36.4 Å². The highest BCUT2D eigenvalue weighted by Gasteiger charge is 2.36. The average molecular weight is 331 g/mol. The van der Waals surface area contributed by atoms with Gasteiger partial charge < -0.3 is 9.64 Å². The average Bonchev–Trinajstić information content (AvgIpc) is 2.82. The molecule has 2 aromatic carbocycles. The Labute approximate surface area is 135 Å². The summed E-state index contributed by atoms with van der Waals surface area (Å²) >= 11 is 0. The maximum absolute atomic E-state index is 13.8. The van der Waals surface area contributed by atoms with Gasteiger partial charge in [0.25, 0.3) is 11.7 Å². The highest BCUT2D eigenvalue weighted by atomic mass is 19.1. The fourth-order valence-corrected chi connectivity index (χ4v) is 2.53. The molecule has 3 rings (SSSR count). The molecule has 2 aromatic rings. The first-order valence-corrected chi connectivity index (χ1v) is 6.95. The Kier molecular flexibility index (Phi) is 3.84. The molecule has 0 bridgehead atoms. The molecule has 0 fully saturated rings. The highest BCUT2D eigenvalue weighted by Crippen LogP contribution is 2.32. The second kappa shape index (κ2) is 5.84. The summed E-state index contributed by atoms with van der Waals surface area (Å²) in [4.78, 5) is 36.8. The number of hydrogen-bond acceptors (Lipinski definition) is 4.